The molecule has 0 bridgehead atoms. The Balaban J connectivity index is 1.47. The first-order valence-corrected chi connectivity index (χ1v) is 8.13. The summed E-state index contributed by atoms with van der Waals surface area (Å²) in [5.41, 5.74) is 1.73. The number of hydrogen-bond donors (Lipinski definition) is 1. The Morgan fingerprint density at radius 1 is 1.08 bits per heavy atom. The molecule has 0 aliphatic carbocycles. The van der Waals surface area contributed by atoms with Gasteiger partial charge in [0.2, 0.25) is 0 Å². The zero-order chi connectivity index (χ0) is 18.5. The van der Waals surface area contributed by atoms with E-state index in [1.807, 2.05) is 24.3 Å². The fraction of sp³-hybridized carbons (Fsp3) is 0.211. The van der Waals surface area contributed by atoms with Crippen LogP contribution in [0.1, 0.15) is 15.9 Å². The largest absolute Gasteiger partial charge is 0.454 e. The van der Waals surface area contributed by atoms with Crippen LogP contribution in [0.3, 0.4) is 0 Å². The number of benzene rings is 2. The van der Waals surface area contributed by atoms with Crippen LogP contribution in [0, 0.1) is 5.82 Å². The van der Waals surface area contributed by atoms with Gasteiger partial charge in [-0.2, -0.15) is 0 Å². The molecule has 1 aliphatic rings. The van der Waals surface area contributed by atoms with Crippen LogP contribution in [0.25, 0.3) is 0 Å². The molecule has 0 atom stereocenters. The van der Waals surface area contributed by atoms with Crippen LogP contribution in [0.5, 0.6) is 0 Å². The Kier molecular flexibility index (Phi) is 5.26. The first-order valence-electron chi connectivity index (χ1n) is 8.13. The van der Waals surface area contributed by atoms with Gasteiger partial charge in [-0.25, -0.2) is 4.39 Å². The maximum atomic E-state index is 13.5. The van der Waals surface area contributed by atoms with Crippen molar-refractivity contribution in [2.75, 3.05) is 24.6 Å². The van der Waals surface area contributed by atoms with Crippen LogP contribution in [-0.4, -0.2) is 37.5 Å². The Bertz CT molecular complexity index is 853. The van der Waals surface area contributed by atoms with E-state index in [-0.39, 0.29) is 11.5 Å². The van der Waals surface area contributed by atoms with Crippen LogP contribution < -0.4 is 10.2 Å². The van der Waals surface area contributed by atoms with Crippen molar-refractivity contribution < 1.29 is 23.5 Å². The van der Waals surface area contributed by atoms with E-state index in [1.165, 1.54) is 18.2 Å². The average molecular weight is 356 g/mol. The highest BCUT2D eigenvalue weighted by Crippen LogP contribution is 2.27. The number of ether oxygens (including phenoxy) is 1. The second-order valence-corrected chi connectivity index (χ2v) is 5.75. The number of nitrogens with zero attached hydrogens (tertiary/aromatic N) is 1. The molecule has 2 aromatic rings. The number of fused-ring (bicyclic) bond motifs is 1. The van der Waals surface area contributed by atoms with Crippen molar-refractivity contribution in [1.29, 1.82) is 0 Å². The van der Waals surface area contributed by atoms with Gasteiger partial charge in [0, 0.05) is 12.2 Å². The third-order valence-electron chi connectivity index (χ3n) is 4.06. The van der Waals surface area contributed by atoms with Crippen LogP contribution in [0.15, 0.2) is 48.5 Å². The normalized spacial score (nSPS) is 12.4. The first kappa shape index (κ1) is 17.6. The molecular formula is C19H17FN2O4. The van der Waals surface area contributed by atoms with E-state index in [9.17, 15) is 18.8 Å². The number of carbonyl (C=O) groups is 3. The minimum atomic E-state index is -0.768. The Morgan fingerprint density at radius 2 is 1.81 bits per heavy atom. The highest BCUT2D eigenvalue weighted by molar-refractivity contribution is 5.98. The second-order valence-electron chi connectivity index (χ2n) is 5.75. The fourth-order valence-corrected chi connectivity index (χ4v) is 2.76. The molecule has 0 saturated heterocycles. The third-order valence-corrected chi connectivity index (χ3v) is 4.06. The smallest absolute Gasteiger partial charge is 0.325 e. The molecular weight excluding hydrogens is 339 g/mol. The lowest BCUT2D eigenvalue weighted by atomic mass is 10.2. The first-order chi connectivity index (χ1) is 12.6. The van der Waals surface area contributed by atoms with Gasteiger partial charge in [-0.1, -0.05) is 30.3 Å². The third kappa shape index (κ3) is 3.88. The molecule has 1 aliphatic heterocycles. The number of nitrogens with one attached hydrogen (secondary N) is 1. The standard InChI is InChI=1S/C19H17FN2O4/c20-15-7-3-2-6-14(15)19(25)21-11-18(24)26-12-17(23)22-10-9-13-5-1-4-8-16(13)22/h1-8H,9-12H2,(H,21,25). The summed E-state index contributed by atoms with van der Waals surface area (Å²) >= 11 is 0. The van der Waals surface area contributed by atoms with Crippen molar-refractivity contribution in [3.8, 4) is 0 Å². The second kappa shape index (κ2) is 7.77. The Labute approximate surface area is 149 Å². The van der Waals surface area contributed by atoms with Crippen LogP contribution in [-0.2, 0) is 20.7 Å². The van der Waals surface area contributed by atoms with Crippen LogP contribution in [0.4, 0.5) is 10.1 Å². The number of amides is 2. The summed E-state index contributed by atoms with van der Waals surface area (Å²) in [5, 5.41) is 2.27. The lowest BCUT2D eigenvalue weighted by Crippen LogP contribution is -2.36. The van der Waals surface area contributed by atoms with E-state index in [4.69, 9.17) is 4.74 Å². The van der Waals surface area contributed by atoms with E-state index in [2.05, 4.69) is 5.32 Å². The molecule has 134 valence electrons. The highest BCUT2D eigenvalue weighted by Gasteiger charge is 2.24. The molecule has 1 heterocycles. The fourth-order valence-electron chi connectivity index (χ4n) is 2.76. The summed E-state index contributed by atoms with van der Waals surface area (Å²) in [5.74, 6) is -2.50. The summed E-state index contributed by atoms with van der Waals surface area (Å²) in [7, 11) is 0. The van der Waals surface area contributed by atoms with E-state index in [0.717, 1.165) is 23.7 Å². The maximum absolute atomic E-state index is 13.5. The minimum Gasteiger partial charge on any atom is -0.454 e. The number of anilines is 1. The van der Waals surface area contributed by atoms with Gasteiger partial charge in [-0.3, -0.25) is 14.4 Å². The van der Waals surface area contributed by atoms with Gasteiger partial charge >= 0.3 is 5.97 Å². The molecule has 26 heavy (non-hydrogen) atoms. The molecule has 0 aromatic heterocycles. The molecule has 0 saturated carbocycles. The van der Waals surface area contributed by atoms with Gasteiger partial charge in [-0.05, 0) is 30.2 Å². The number of carbonyl (C=O) groups excluding carboxylic acids is 3. The summed E-state index contributed by atoms with van der Waals surface area (Å²) in [6.45, 7) is -0.320. The number of rotatable bonds is 5. The van der Waals surface area contributed by atoms with Crippen molar-refractivity contribution in [2.45, 2.75) is 6.42 Å². The molecule has 3 rings (SSSR count). The monoisotopic (exact) mass is 356 g/mol. The predicted molar refractivity (Wildman–Crippen MR) is 92.2 cm³/mol. The van der Waals surface area contributed by atoms with Gasteiger partial charge in [-0.15, -0.1) is 0 Å². The van der Waals surface area contributed by atoms with Gasteiger partial charge in [0.05, 0.1) is 5.56 Å². The molecule has 0 unspecified atom stereocenters. The maximum Gasteiger partial charge on any atom is 0.325 e. The number of para-hydroxylation sites is 1. The van der Waals surface area contributed by atoms with E-state index in [0.29, 0.717) is 6.54 Å². The number of halogens is 1. The van der Waals surface area contributed by atoms with Gasteiger partial charge in [0.15, 0.2) is 6.61 Å². The van der Waals surface area contributed by atoms with Crippen molar-refractivity contribution in [3.05, 3.63) is 65.5 Å². The lowest BCUT2D eigenvalue weighted by Gasteiger charge is -2.17. The molecule has 6 nitrogen and oxygen atoms in total. The van der Waals surface area contributed by atoms with Gasteiger partial charge < -0.3 is 15.0 Å². The Morgan fingerprint density at radius 3 is 2.62 bits per heavy atom. The summed E-state index contributed by atoms with van der Waals surface area (Å²) in [6.07, 6.45) is 0.758. The molecule has 1 N–H and O–H groups in total. The molecule has 2 amide bonds. The summed E-state index contributed by atoms with van der Waals surface area (Å²) < 4.78 is 18.4. The number of hydrogen-bond acceptors (Lipinski definition) is 4. The van der Waals surface area contributed by atoms with Crippen molar-refractivity contribution in [3.63, 3.8) is 0 Å². The average Bonchev–Trinajstić information content (AvgIpc) is 3.08. The van der Waals surface area contributed by atoms with Crippen LogP contribution in [0.2, 0.25) is 0 Å². The lowest BCUT2D eigenvalue weighted by molar-refractivity contribution is -0.146. The van der Waals surface area contributed by atoms with Gasteiger partial charge in [0.25, 0.3) is 11.8 Å². The summed E-state index contributed by atoms with van der Waals surface area (Å²) in [4.78, 5) is 37.3. The predicted octanol–water partition coefficient (Wildman–Crippen LogP) is 1.69. The van der Waals surface area contributed by atoms with Crippen molar-refractivity contribution in [1.82, 2.24) is 5.32 Å². The minimum absolute atomic E-state index is 0.162. The van der Waals surface area contributed by atoms with Crippen LogP contribution >= 0.6 is 0 Å². The van der Waals surface area contributed by atoms with E-state index >= 15 is 0 Å². The SMILES string of the molecule is O=C(CNC(=O)c1ccccc1F)OCC(=O)N1CCc2ccccc21. The molecule has 0 fully saturated rings. The molecule has 0 radical (unpaired) electrons. The van der Waals surface area contributed by atoms with E-state index in [1.54, 1.807) is 4.90 Å². The topological polar surface area (TPSA) is 75.7 Å². The zero-order valence-electron chi connectivity index (χ0n) is 13.9. The molecule has 0 spiro atoms. The Hall–Kier alpha value is -3.22. The molecule has 7 heteroatoms. The number of esters is 1. The van der Waals surface area contributed by atoms with Gasteiger partial charge in [0.1, 0.15) is 12.4 Å². The van der Waals surface area contributed by atoms with Crippen molar-refractivity contribution >= 4 is 23.5 Å². The van der Waals surface area contributed by atoms with Crippen molar-refractivity contribution in [2.24, 2.45) is 0 Å². The van der Waals surface area contributed by atoms with E-state index < -0.39 is 30.8 Å². The zero-order valence-corrected chi connectivity index (χ0v) is 13.9. The molecule has 2 aromatic carbocycles. The summed E-state index contributed by atoms with van der Waals surface area (Å²) in [6, 6.07) is 13.0. The quantitative estimate of drug-likeness (QED) is 0.828. The highest BCUT2D eigenvalue weighted by atomic mass is 19.1.